The number of nitrogens with two attached hydrogens (primary N) is 1. The zero-order valence-electron chi connectivity index (χ0n) is 11.2. The molecule has 0 radical (unpaired) electrons. The van der Waals surface area contributed by atoms with Crippen LogP contribution in [0, 0.1) is 0 Å². The van der Waals surface area contributed by atoms with E-state index in [9.17, 15) is 4.79 Å². The third-order valence-corrected chi connectivity index (χ3v) is 2.96. The predicted octanol–water partition coefficient (Wildman–Crippen LogP) is 2.47. The number of carbonyl (C=O) groups excluding carboxylic acids is 1. The first-order chi connectivity index (χ1) is 9.04. The highest BCUT2D eigenvalue weighted by atomic mass is 35.5. The zero-order valence-corrected chi connectivity index (χ0v) is 13.5. The fraction of sp³-hybridized carbons (Fsp3) is 0.500. The van der Waals surface area contributed by atoms with E-state index in [1.54, 1.807) is 6.07 Å². The van der Waals surface area contributed by atoms with Crippen molar-refractivity contribution in [2.24, 2.45) is 5.73 Å². The number of nitrogens with zero attached hydrogens (tertiary/aromatic N) is 1. The Balaban J connectivity index is 0.00000361. The van der Waals surface area contributed by atoms with Crippen LogP contribution in [-0.4, -0.2) is 30.0 Å². The monoisotopic (exact) mass is 340 g/mol. The molecule has 1 aromatic heterocycles. The lowest BCUT2D eigenvalue weighted by molar-refractivity contribution is -0.122. The number of halogens is 3. The molecule has 20 heavy (non-hydrogen) atoms. The Hall–Kier alpha value is -0.750. The second-order valence-electron chi connectivity index (χ2n) is 4.10. The van der Waals surface area contributed by atoms with Gasteiger partial charge < -0.3 is 16.4 Å². The highest BCUT2D eigenvalue weighted by Gasteiger charge is 2.10. The Labute approximate surface area is 135 Å². The van der Waals surface area contributed by atoms with Gasteiger partial charge >= 0.3 is 0 Å². The van der Waals surface area contributed by atoms with Crippen LogP contribution in [0.1, 0.15) is 19.8 Å². The van der Waals surface area contributed by atoms with Gasteiger partial charge in [-0.3, -0.25) is 4.79 Å². The number of anilines is 1. The molecule has 8 heteroatoms. The molecule has 0 aromatic carbocycles. The van der Waals surface area contributed by atoms with Crippen molar-refractivity contribution in [3.05, 3.63) is 22.3 Å². The van der Waals surface area contributed by atoms with Crippen LogP contribution in [0.25, 0.3) is 0 Å². The first kappa shape index (κ1) is 19.2. The minimum Gasteiger partial charge on any atom is -0.367 e. The number of nitrogens with one attached hydrogen (secondary N) is 2. The number of hydrogen-bond acceptors (Lipinski definition) is 4. The van der Waals surface area contributed by atoms with Crippen LogP contribution < -0.4 is 16.4 Å². The molecule has 1 aromatic rings. The van der Waals surface area contributed by atoms with Gasteiger partial charge in [0.15, 0.2) is 0 Å². The molecule has 1 amide bonds. The summed E-state index contributed by atoms with van der Waals surface area (Å²) in [4.78, 5) is 15.6. The van der Waals surface area contributed by atoms with E-state index in [4.69, 9.17) is 28.9 Å². The summed E-state index contributed by atoms with van der Waals surface area (Å²) < 4.78 is 0. The summed E-state index contributed by atoms with van der Waals surface area (Å²) in [5, 5.41) is 6.68. The lowest BCUT2D eigenvalue weighted by Crippen LogP contribution is -2.42. The quantitative estimate of drug-likeness (QED) is 0.666. The van der Waals surface area contributed by atoms with Crippen molar-refractivity contribution in [1.82, 2.24) is 10.3 Å². The minimum absolute atomic E-state index is 0. The first-order valence-electron chi connectivity index (χ1n) is 6.12. The Morgan fingerprint density at radius 3 is 2.75 bits per heavy atom. The maximum atomic E-state index is 11.5. The number of rotatable bonds is 7. The molecule has 0 aliphatic heterocycles. The van der Waals surface area contributed by atoms with E-state index in [0.29, 0.717) is 35.4 Å². The van der Waals surface area contributed by atoms with Crippen LogP contribution in [0.4, 0.5) is 5.82 Å². The van der Waals surface area contributed by atoms with E-state index < -0.39 is 6.04 Å². The largest absolute Gasteiger partial charge is 0.367 e. The van der Waals surface area contributed by atoms with Crippen molar-refractivity contribution in [1.29, 1.82) is 0 Å². The van der Waals surface area contributed by atoms with Crippen molar-refractivity contribution in [2.45, 2.75) is 25.8 Å². The van der Waals surface area contributed by atoms with Gasteiger partial charge in [-0.25, -0.2) is 4.98 Å². The SMILES string of the molecule is CCCC(N)C(=O)NCCNc1ncc(Cl)cc1Cl.Cl. The molecule has 0 aliphatic rings. The molecule has 1 unspecified atom stereocenters. The topological polar surface area (TPSA) is 80.0 Å². The number of hydrogen-bond donors (Lipinski definition) is 3. The number of aromatic nitrogens is 1. The van der Waals surface area contributed by atoms with Crippen LogP contribution in [0.5, 0.6) is 0 Å². The summed E-state index contributed by atoms with van der Waals surface area (Å²) in [6, 6.07) is 1.16. The summed E-state index contributed by atoms with van der Waals surface area (Å²) in [7, 11) is 0. The van der Waals surface area contributed by atoms with Gasteiger partial charge in [0.25, 0.3) is 0 Å². The molecule has 0 spiro atoms. The van der Waals surface area contributed by atoms with Gasteiger partial charge in [-0.2, -0.15) is 0 Å². The molecule has 1 heterocycles. The van der Waals surface area contributed by atoms with Crippen molar-refractivity contribution in [3.8, 4) is 0 Å². The van der Waals surface area contributed by atoms with Gasteiger partial charge in [0.05, 0.1) is 16.1 Å². The lowest BCUT2D eigenvalue weighted by atomic mass is 10.2. The number of pyridine rings is 1. The Kier molecular flexibility index (Phi) is 9.67. The highest BCUT2D eigenvalue weighted by Crippen LogP contribution is 2.21. The third kappa shape index (κ3) is 6.61. The van der Waals surface area contributed by atoms with Crippen LogP contribution >= 0.6 is 35.6 Å². The van der Waals surface area contributed by atoms with Gasteiger partial charge in [-0.1, -0.05) is 36.5 Å². The van der Waals surface area contributed by atoms with Crippen molar-refractivity contribution in [3.63, 3.8) is 0 Å². The van der Waals surface area contributed by atoms with E-state index in [2.05, 4.69) is 15.6 Å². The third-order valence-electron chi connectivity index (χ3n) is 2.46. The highest BCUT2D eigenvalue weighted by molar-refractivity contribution is 6.35. The average molecular weight is 342 g/mol. The maximum Gasteiger partial charge on any atom is 0.236 e. The summed E-state index contributed by atoms with van der Waals surface area (Å²) in [6.07, 6.45) is 3.08. The van der Waals surface area contributed by atoms with E-state index in [1.807, 2.05) is 6.92 Å². The fourth-order valence-corrected chi connectivity index (χ4v) is 1.93. The summed E-state index contributed by atoms with van der Waals surface area (Å²) in [5.74, 6) is 0.400. The zero-order chi connectivity index (χ0) is 14.3. The molecular formula is C12H19Cl3N4O. The Morgan fingerprint density at radius 1 is 1.45 bits per heavy atom. The molecule has 1 rings (SSSR count). The van der Waals surface area contributed by atoms with E-state index in [0.717, 1.165) is 6.42 Å². The summed E-state index contributed by atoms with van der Waals surface area (Å²) >= 11 is 11.7. The molecule has 0 aliphatic carbocycles. The molecule has 5 nitrogen and oxygen atoms in total. The molecule has 0 fully saturated rings. The van der Waals surface area contributed by atoms with Crippen molar-refractivity contribution < 1.29 is 4.79 Å². The average Bonchev–Trinajstić information content (AvgIpc) is 2.36. The van der Waals surface area contributed by atoms with Gasteiger partial charge in [0, 0.05) is 19.3 Å². The van der Waals surface area contributed by atoms with Gasteiger partial charge in [0.1, 0.15) is 5.82 Å². The van der Waals surface area contributed by atoms with Crippen LogP contribution in [0.15, 0.2) is 12.3 Å². The van der Waals surface area contributed by atoms with E-state index in [1.165, 1.54) is 6.20 Å². The van der Waals surface area contributed by atoms with Crippen molar-refractivity contribution in [2.75, 3.05) is 18.4 Å². The normalized spacial score (nSPS) is 11.4. The van der Waals surface area contributed by atoms with Gasteiger partial charge in [0.2, 0.25) is 5.91 Å². The molecule has 114 valence electrons. The van der Waals surface area contributed by atoms with Gasteiger partial charge in [-0.15, -0.1) is 12.4 Å². The van der Waals surface area contributed by atoms with E-state index >= 15 is 0 Å². The van der Waals surface area contributed by atoms with E-state index in [-0.39, 0.29) is 18.3 Å². The molecule has 0 saturated heterocycles. The van der Waals surface area contributed by atoms with Crippen molar-refractivity contribution >= 4 is 47.3 Å². The summed E-state index contributed by atoms with van der Waals surface area (Å²) in [6.45, 7) is 2.96. The smallest absolute Gasteiger partial charge is 0.236 e. The fourth-order valence-electron chi connectivity index (χ4n) is 1.48. The lowest BCUT2D eigenvalue weighted by Gasteiger charge is -2.12. The molecule has 0 saturated carbocycles. The predicted molar refractivity (Wildman–Crippen MR) is 85.9 cm³/mol. The Morgan fingerprint density at radius 2 is 2.15 bits per heavy atom. The second-order valence-corrected chi connectivity index (χ2v) is 4.94. The van der Waals surface area contributed by atoms with Crippen LogP contribution in [0.3, 0.4) is 0 Å². The maximum absolute atomic E-state index is 11.5. The second kappa shape index (κ2) is 10.0. The minimum atomic E-state index is -0.442. The van der Waals surface area contributed by atoms with Gasteiger partial charge in [-0.05, 0) is 12.5 Å². The molecule has 1 atom stereocenters. The molecule has 4 N–H and O–H groups in total. The standard InChI is InChI=1S/C12H18Cl2N4O.ClH/c1-2-3-10(15)12(19)17-5-4-16-11-9(14)6-8(13)7-18-11;/h6-7,10H,2-5,15H2,1H3,(H,16,18)(H,17,19);1H. The number of carbonyl (C=O) groups is 1. The molecular weight excluding hydrogens is 323 g/mol. The summed E-state index contributed by atoms with van der Waals surface area (Å²) in [5.41, 5.74) is 5.68. The molecule has 0 bridgehead atoms. The van der Waals surface area contributed by atoms with Crippen LogP contribution in [-0.2, 0) is 4.79 Å². The first-order valence-corrected chi connectivity index (χ1v) is 6.88. The Bertz CT molecular complexity index is 431. The van der Waals surface area contributed by atoms with Crippen LogP contribution in [0.2, 0.25) is 10.0 Å². The number of amides is 1.